The fourth-order valence-corrected chi connectivity index (χ4v) is 2.99. The van der Waals surface area contributed by atoms with Crippen molar-refractivity contribution in [1.82, 2.24) is 9.97 Å². The molecule has 0 aliphatic heterocycles. The number of nitrogens with one attached hydrogen (secondary N) is 1. The largest absolute Gasteiger partial charge is 0.488 e. The van der Waals surface area contributed by atoms with Crippen molar-refractivity contribution in [1.29, 1.82) is 0 Å². The molecule has 2 aromatic rings. The van der Waals surface area contributed by atoms with E-state index in [2.05, 4.69) is 55.9 Å². The molecule has 0 unspecified atom stereocenters. The van der Waals surface area contributed by atoms with Gasteiger partial charge < -0.3 is 10.1 Å². The van der Waals surface area contributed by atoms with Gasteiger partial charge in [-0.25, -0.2) is 9.97 Å². The average Bonchev–Trinajstić information content (AvgIpc) is 3.39. The van der Waals surface area contributed by atoms with Gasteiger partial charge in [0.25, 0.3) is 0 Å². The summed E-state index contributed by atoms with van der Waals surface area (Å²) in [6.07, 6.45) is 13.5. The number of anilines is 1. The van der Waals surface area contributed by atoms with Crippen molar-refractivity contribution in [3.63, 3.8) is 0 Å². The minimum atomic E-state index is 0.551. The summed E-state index contributed by atoms with van der Waals surface area (Å²) in [5.41, 5.74) is 2.06. The summed E-state index contributed by atoms with van der Waals surface area (Å²) in [6.45, 7) is 0.551. The molecule has 1 saturated carbocycles. The number of hydrogen-bond donors (Lipinski definition) is 1. The first-order valence-corrected chi connectivity index (χ1v) is 8.61. The van der Waals surface area contributed by atoms with Crippen molar-refractivity contribution in [2.75, 3.05) is 11.9 Å². The summed E-state index contributed by atoms with van der Waals surface area (Å²) >= 11 is 3.60. The smallest absolute Gasteiger partial charge is 0.137 e. The molecule has 1 aromatic heterocycles. The Morgan fingerprint density at radius 2 is 2.17 bits per heavy atom. The van der Waals surface area contributed by atoms with Crippen molar-refractivity contribution in [2.24, 2.45) is 0 Å². The molecule has 2 aliphatic rings. The highest BCUT2D eigenvalue weighted by atomic mass is 79.9. The summed E-state index contributed by atoms with van der Waals surface area (Å²) in [5.74, 6) is 1.70. The van der Waals surface area contributed by atoms with Crippen LogP contribution in [-0.2, 0) is 0 Å². The molecule has 0 atom stereocenters. The van der Waals surface area contributed by atoms with Crippen molar-refractivity contribution >= 4 is 32.7 Å². The van der Waals surface area contributed by atoms with Crippen molar-refractivity contribution < 1.29 is 4.74 Å². The minimum Gasteiger partial charge on any atom is -0.488 e. The quantitative estimate of drug-likeness (QED) is 0.845. The molecular formula is C18H17BrN3O. The maximum Gasteiger partial charge on any atom is 0.137 e. The van der Waals surface area contributed by atoms with Gasteiger partial charge in [-0.1, -0.05) is 18.2 Å². The lowest BCUT2D eigenvalue weighted by Crippen LogP contribution is -2.05. The van der Waals surface area contributed by atoms with Crippen LogP contribution in [0.1, 0.15) is 19.3 Å². The summed E-state index contributed by atoms with van der Waals surface area (Å²) < 4.78 is 6.87. The number of aromatic nitrogens is 2. The Bertz CT molecular complexity index is 796. The van der Waals surface area contributed by atoms with Gasteiger partial charge in [-0.2, -0.15) is 0 Å². The third kappa shape index (κ3) is 3.39. The van der Waals surface area contributed by atoms with Crippen LogP contribution in [0.15, 0.2) is 46.7 Å². The lowest BCUT2D eigenvalue weighted by molar-refractivity contribution is 0.353. The zero-order valence-corrected chi connectivity index (χ0v) is 14.2. The second-order valence-electron chi connectivity index (χ2n) is 5.84. The molecule has 0 saturated heterocycles. The van der Waals surface area contributed by atoms with E-state index in [1.54, 1.807) is 6.33 Å². The van der Waals surface area contributed by atoms with Crippen LogP contribution in [-0.4, -0.2) is 22.6 Å². The lowest BCUT2D eigenvalue weighted by atomic mass is 10.1. The highest BCUT2D eigenvalue weighted by Gasteiger charge is 2.22. The Morgan fingerprint density at radius 3 is 2.96 bits per heavy atom. The SMILES string of the molecule is Brc1cc2c(NC3CC3)ncnc2cc1OCC1=C[CH]CC=C1. The zero-order valence-electron chi connectivity index (χ0n) is 12.6. The molecule has 4 rings (SSSR count). The van der Waals surface area contributed by atoms with Gasteiger partial charge in [0.1, 0.15) is 24.5 Å². The molecule has 1 heterocycles. The van der Waals surface area contributed by atoms with Gasteiger partial charge in [-0.05, 0) is 53.3 Å². The predicted molar refractivity (Wildman–Crippen MR) is 95.5 cm³/mol. The standard InChI is InChI=1S/C18H17BrN3O/c19-15-8-14-16(20-11-21-18(14)22-13-6-7-13)9-17(15)23-10-12-4-2-1-3-5-12/h2-5,8-9,11,13H,1,6-7,10H2,(H,20,21,22). The number of fused-ring (bicyclic) bond motifs is 1. The van der Waals surface area contributed by atoms with Crippen LogP contribution in [0.3, 0.4) is 0 Å². The van der Waals surface area contributed by atoms with E-state index in [-0.39, 0.29) is 0 Å². The van der Waals surface area contributed by atoms with Gasteiger partial charge in [0.2, 0.25) is 0 Å². The third-order valence-electron chi connectivity index (χ3n) is 3.94. The van der Waals surface area contributed by atoms with E-state index >= 15 is 0 Å². The van der Waals surface area contributed by atoms with Crippen LogP contribution < -0.4 is 10.1 Å². The van der Waals surface area contributed by atoms with E-state index in [1.165, 1.54) is 18.4 Å². The predicted octanol–water partition coefficient (Wildman–Crippen LogP) is 4.44. The lowest BCUT2D eigenvalue weighted by Gasteiger charge is -2.13. The molecule has 1 N–H and O–H groups in total. The van der Waals surface area contributed by atoms with E-state index < -0.39 is 0 Å². The molecule has 0 bridgehead atoms. The summed E-state index contributed by atoms with van der Waals surface area (Å²) in [6, 6.07) is 4.56. The number of ether oxygens (including phenoxy) is 1. The van der Waals surface area contributed by atoms with Gasteiger partial charge >= 0.3 is 0 Å². The molecule has 2 aliphatic carbocycles. The Morgan fingerprint density at radius 1 is 1.26 bits per heavy atom. The molecule has 0 spiro atoms. The summed E-state index contributed by atoms with van der Waals surface area (Å²) in [4.78, 5) is 8.75. The molecule has 1 radical (unpaired) electrons. The van der Waals surface area contributed by atoms with E-state index in [9.17, 15) is 0 Å². The fourth-order valence-electron chi connectivity index (χ4n) is 2.53. The molecular weight excluding hydrogens is 354 g/mol. The van der Waals surface area contributed by atoms with E-state index in [0.29, 0.717) is 12.6 Å². The number of benzene rings is 1. The maximum atomic E-state index is 5.95. The second kappa shape index (κ2) is 6.32. The molecule has 4 nitrogen and oxygen atoms in total. The summed E-state index contributed by atoms with van der Waals surface area (Å²) in [5, 5.41) is 4.47. The summed E-state index contributed by atoms with van der Waals surface area (Å²) in [7, 11) is 0. The van der Waals surface area contributed by atoms with E-state index in [0.717, 1.165) is 33.4 Å². The van der Waals surface area contributed by atoms with Crippen molar-refractivity contribution in [3.05, 3.63) is 53.2 Å². The van der Waals surface area contributed by atoms with E-state index in [4.69, 9.17) is 4.74 Å². The van der Waals surface area contributed by atoms with Gasteiger partial charge in [0.15, 0.2) is 0 Å². The topological polar surface area (TPSA) is 47.0 Å². The number of halogens is 1. The van der Waals surface area contributed by atoms with Crippen molar-refractivity contribution in [3.8, 4) is 5.75 Å². The Hall–Kier alpha value is -1.88. The van der Waals surface area contributed by atoms with Crippen LogP contribution in [0, 0.1) is 6.42 Å². The van der Waals surface area contributed by atoms with Crippen LogP contribution in [0.4, 0.5) is 5.82 Å². The fraction of sp³-hybridized carbons (Fsp3) is 0.278. The maximum absolute atomic E-state index is 5.95. The average molecular weight is 371 g/mol. The monoisotopic (exact) mass is 370 g/mol. The molecule has 23 heavy (non-hydrogen) atoms. The Balaban J connectivity index is 1.59. The van der Waals surface area contributed by atoms with Crippen LogP contribution in [0.2, 0.25) is 0 Å². The van der Waals surface area contributed by atoms with Crippen molar-refractivity contribution in [2.45, 2.75) is 25.3 Å². The molecule has 117 valence electrons. The highest BCUT2D eigenvalue weighted by Crippen LogP contribution is 2.34. The minimum absolute atomic E-state index is 0.551. The number of hydrogen-bond acceptors (Lipinski definition) is 4. The van der Waals surface area contributed by atoms with Gasteiger partial charge in [0.05, 0.1) is 9.99 Å². The normalized spacial score (nSPS) is 17.2. The van der Waals surface area contributed by atoms with Gasteiger partial charge in [0, 0.05) is 17.5 Å². The molecule has 0 amide bonds. The molecule has 1 fully saturated rings. The number of rotatable bonds is 5. The highest BCUT2D eigenvalue weighted by molar-refractivity contribution is 9.10. The first kappa shape index (κ1) is 14.7. The van der Waals surface area contributed by atoms with Crippen LogP contribution in [0.25, 0.3) is 10.9 Å². The second-order valence-corrected chi connectivity index (χ2v) is 6.70. The van der Waals surface area contributed by atoms with Gasteiger partial charge in [-0.3, -0.25) is 0 Å². The molecule has 5 heteroatoms. The molecule has 1 aromatic carbocycles. The van der Waals surface area contributed by atoms with Crippen LogP contribution in [0.5, 0.6) is 5.75 Å². The third-order valence-corrected chi connectivity index (χ3v) is 4.56. The number of nitrogens with zero attached hydrogens (tertiary/aromatic N) is 2. The first-order valence-electron chi connectivity index (χ1n) is 7.82. The Labute approximate surface area is 143 Å². The zero-order chi connectivity index (χ0) is 15.6. The van der Waals surface area contributed by atoms with Gasteiger partial charge in [-0.15, -0.1) is 0 Å². The van der Waals surface area contributed by atoms with Crippen LogP contribution >= 0.6 is 15.9 Å². The van der Waals surface area contributed by atoms with E-state index in [1.807, 2.05) is 12.1 Å². The Kier molecular flexibility index (Phi) is 4.04. The first-order chi connectivity index (χ1) is 11.3. The number of allylic oxidation sites excluding steroid dienone is 2.